The van der Waals surface area contributed by atoms with Crippen molar-refractivity contribution in [1.82, 2.24) is 10.2 Å². The van der Waals surface area contributed by atoms with Crippen LogP contribution in [-0.2, 0) is 28.5 Å². The lowest BCUT2D eigenvalue weighted by molar-refractivity contribution is -0.384. The Labute approximate surface area is 244 Å². The van der Waals surface area contributed by atoms with E-state index in [2.05, 4.69) is 10.2 Å². The molecular formula is C31H35N3O8. The van der Waals surface area contributed by atoms with Gasteiger partial charge in [0.25, 0.3) is 5.69 Å². The van der Waals surface area contributed by atoms with Gasteiger partial charge in [-0.05, 0) is 25.0 Å². The average Bonchev–Trinajstić information content (AvgIpc) is 3.45. The van der Waals surface area contributed by atoms with Crippen LogP contribution in [0.25, 0.3) is 0 Å². The van der Waals surface area contributed by atoms with Crippen molar-refractivity contribution in [1.29, 1.82) is 0 Å². The molecule has 42 heavy (non-hydrogen) atoms. The number of ether oxygens (including phenoxy) is 4. The number of carbonyl (C=O) groups is 2. The highest BCUT2D eigenvalue weighted by molar-refractivity contribution is 6.00. The Morgan fingerprint density at radius 1 is 1.02 bits per heavy atom. The van der Waals surface area contributed by atoms with Crippen molar-refractivity contribution in [2.75, 3.05) is 40.0 Å². The van der Waals surface area contributed by atoms with Crippen LogP contribution >= 0.6 is 0 Å². The zero-order valence-electron chi connectivity index (χ0n) is 24.0. The van der Waals surface area contributed by atoms with Crippen molar-refractivity contribution in [3.63, 3.8) is 0 Å². The molecule has 11 heteroatoms. The third-order valence-corrected chi connectivity index (χ3v) is 8.08. The Hall–Kier alpha value is -4.06. The third kappa shape index (κ3) is 6.08. The second-order valence-corrected chi connectivity index (χ2v) is 10.7. The van der Waals surface area contributed by atoms with Gasteiger partial charge in [-0.2, -0.15) is 0 Å². The number of benzene rings is 2. The normalized spacial score (nSPS) is 21.2. The number of likely N-dealkylation sites (tertiary alicyclic amines) is 1. The third-order valence-electron chi connectivity index (χ3n) is 8.08. The predicted octanol–water partition coefficient (Wildman–Crippen LogP) is 4.13. The largest absolute Gasteiger partial charge is 0.466 e. The molecule has 2 aromatic carbocycles. The molecule has 0 aromatic heterocycles. The molecule has 2 unspecified atom stereocenters. The number of piperidine rings is 1. The van der Waals surface area contributed by atoms with Gasteiger partial charge in [0.15, 0.2) is 5.79 Å². The number of dihydropyridines is 1. The van der Waals surface area contributed by atoms with Gasteiger partial charge >= 0.3 is 11.9 Å². The van der Waals surface area contributed by atoms with Crippen LogP contribution in [0.4, 0.5) is 5.69 Å². The molecule has 2 saturated heterocycles. The molecule has 3 heterocycles. The highest BCUT2D eigenvalue weighted by Crippen LogP contribution is 2.41. The van der Waals surface area contributed by atoms with Gasteiger partial charge in [-0.15, -0.1) is 0 Å². The number of nitro benzene ring substituents is 1. The first-order chi connectivity index (χ1) is 20.2. The molecule has 2 aromatic rings. The van der Waals surface area contributed by atoms with E-state index in [1.165, 1.54) is 25.3 Å². The first-order valence-electron chi connectivity index (χ1n) is 14.0. The summed E-state index contributed by atoms with van der Waals surface area (Å²) in [6, 6.07) is 15.4. The summed E-state index contributed by atoms with van der Waals surface area (Å²) < 4.78 is 23.0. The van der Waals surface area contributed by atoms with E-state index in [1.54, 1.807) is 19.9 Å². The second-order valence-electron chi connectivity index (χ2n) is 10.7. The van der Waals surface area contributed by atoms with Crippen molar-refractivity contribution in [2.45, 2.75) is 44.5 Å². The Morgan fingerprint density at radius 2 is 1.67 bits per heavy atom. The van der Waals surface area contributed by atoms with Gasteiger partial charge in [0.2, 0.25) is 0 Å². The van der Waals surface area contributed by atoms with Crippen LogP contribution in [0.5, 0.6) is 0 Å². The van der Waals surface area contributed by atoms with Crippen molar-refractivity contribution in [3.05, 3.63) is 98.4 Å². The maximum atomic E-state index is 14.1. The van der Waals surface area contributed by atoms with E-state index < -0.39 is 34.7 Å². The quantitative estimate of drug-likeness (QED) is 0.278. The Morgan fingerprint density at radius 3 is 2.29 bits per heavy atom. The van der Waals surface area contributed by atoms with Crippen molar-refractivity contribution >= 4 is 17.6 Å². The molecule has 0 amide bonds. The number of allylic oxidation sites excluding steroid dienone is 2. The summed E-state index contributed by atoms with van der Waals surface area (Å²) in [7, 11) is 1.26. The molecule has 11 nitrogen and oxygen atoms in total. The van der Waals surface area contributed by atoms with Crippen LogP contribution in [0.3, 0.4) is 0 Å². The topological polar surface area (TPSA) is 129 Å². The molecule has 2 atom stereocenters. The van der Waals surface area contributed by atoms with Gasteiger partial charge in [-0.25, -0.2) is 9.59 Å². The number of rotatable bonds is 8. The number of nitro groups is 1. The zero-order chi connectivity index (χ0) is 29.9. The summed E-state index contributed by atoms with van der Waals surface area (Å²) >= 11 is 0. The first kappa shape index (κ1) is 29.4. The molecule has 5 rings (SSSR count). The molecule has 0 bridgehead atoms. The number of hydrogen-bond acceptors (Lipinski definition) is 10. The van der Waals surface area contributed by atoms with Crippen LogP contribution in [0.2, 0.25) is 0 Å². The molecule has 2 fully saturated rings. The van der Waals surface area contributed by atoms with E-state index >= 15 is 0 Å². The van der Waals surface area contributed by atoms with E-state index in [0.29, 0.717) is 36.7 Å². The highest BCUT2D eigenvalue weighted by Gasteiger charge is 2.42. The molecule has 222 valence electrons. The first-order valence-corrected chi connectivity index (χ1v) is 14.0. The number of non-ortho nitro benzene ring substituents is 1. The summed E-state index contributed by atoms with van der Waals surface area (Å²) in [6.07, 6.45) is 0.827. The lowest BCUT2D eigenvalue weighted by Crippen LogP contribution is -2.46. The maximum absolute atomic E-state index is 14.1. The number of carbonyl (C=O) groups excluding carboxylic acids is 2. The van der Waals surface area contributed by atoms with Gasteiger partial charge in [0.05, 0.1) is 42.3 Å². The fourth-order valence-corrected chi connectivity index (χ4v) is 5.96. The van der Waals surface area contributed by atoms with Gasteiger partial charge in [-0.1, -0.05) is 42.5 Å². The van der Waals surface area contributed by atoms with Crippen LogP contribution in [0.15, 0.2) is 77.1 Å². The molecule has 0 saturated carbocycles. The summed E-state index contributed by atoms with van der Waals surface area (Å²) in [5.41, 5.74) is 2.43. The van der Waals surface area contributed by atoms with E-state index in [-0.39, 0.29) is 16.8 Å². The van der Waals surface area contributed by atoms with Gasteiger partial charge < -0.3 is 24.3 Å². The van der Waals surface area contributed by atoms with Gasteiger partial charge in [-0.3, -0.25) is 15.0 Å². The Kier molecular flexibility index (Phi) is 8.72. The van der Waals surface area contributed by atoms with Crippen LogP contribution < -0.4 is 5.32 Å². The molecule has 1 N–H and O–H groups in total. The smallest absolute Gasteiger partial charge is 0.337 e. The number of hydrogen-bond donors (Lipinski definition) is 1. The standard InChI is InChI=1S/C31H35N3O8/c1-20-26(29(35)39-3)28(23-10-7-11-24(18-23)34(37)38)27(21(2)32-20)30(36)42-25(22-8-5-4-6-9-22)19-33-14-12-31(13-15-33)40-16-17-41-31/h4-11,18,25,28,32H,12-17,19H2,1-3H3. The lowest BCUT2D eigenvalue weighted by Gasteiger charge is -2.39. The summed E-state index contributed by atoms with van der Waals surface area (Å²) in [4.78, 5) is 40.4. The summed E-state index contributed by atoms with van der Waals surface area (Å²) in [5, 5.41) is 14.7. The van der Waals surface area contributed by atoms with Crippen LogP contribution in [-0.4, -0.2) is 67.5 Å². The van der Waals surface area contributed by atoms with Gasteiger partial charge in [0.1, 0.15) is 6.10 Å². The van der Waals surface area contributed by atoms with E-state index in [4.69, 9.17) is 18.9 Å². The Balaban J connectivity index is 1.46. The minimum Gasteiger partial charge on any atom is -0.466 e. The summed E-state index contributed by atoms with van der Waals surface area (Å²) in [6.45, 7) is 6.51. The fourth-order valence-electron chi connectivity index (χ4n) is 5.96. The number of methoxy groups -OCH3 is 1. The Bertz CT molecular complexity index is 1400. The maximum Gasteiger partial charge on any atom is 0.337 e. The van der Waals surface area contributed by atoms with E-state index in [1.807, 2.05) is 30.3 Å². The zero-order valence-corrected chi connectivity index (χ0v) is 24.0. The molecule has 0 radical (unpaired) electrons. The van der Waals surface area contributed by atoms with Crippen LogP contribution in [0, 0.1) is 10.1 Å². The minimum atomic E-state index is -0.936. The predicted molar refractivity (Wildman–Crippen MR) is 152 cm³/mol. The van der Waals surface area contributed by atoms with E-state index in [9.17, 15) is 19.7 Å². The second kappa shape index (κ2) is 12.4. The van der Waals surface area contributed by atoms with Crippen molar-refractivity contribution < 1.29 is 33.5 Å². The SMILES string of the molecule is COC(=O)C1=C(C)NC(C)=C(C(=O)OC(CN2CCC3(CC2)OCCO3)c2ccccc2)C1c1cccc([N+](=O)[O-])c1. The monoisotopic (exact) mass is 577 g/mol. The summed E-state index contributed by atoms with van der Waals surface area (Å²) in [5.74, 6) is -2.73. The van der Waals surface area contributed by atoms with Gasteiger partial charge in [0, 0.05) is 56.0 Å². The minimum absolute atomic E-state index is 0.154. The fraction of sp³-hybridized carbons (Fsp3) is 0.419. The van der Waals surface area contributed by atoms with E-state index in [0.717, 1.165) is 31.5 Å². The average molecular weight is 578 g/mol. The van der Waals surface area contributed by atoms with Crippen molar-refractivity contribution in [3.8, 4) is 0 Å². The molecule has 1 spiro atoms. The highest BCUT2D eigenvalue weighted by atomic mass is 16.7. The molecule has 0 aliphatic carbocycles. The number of nitrogens with one attached hydrogen (secondary N) is 1. The molecular weight excluding hydrogens is 542 g/mol. The number of esters is 2. The lowest BCUT2D eigenvalue weighted by atomic mass is 9.80. The van der Waals surface area contributed by atoms with Crippen molar-refractivity contribution in [2.24, 2.45) is 0 Å². The molecule has 3 aliphatic rings. The number of nitrogens with zero attached hydrogens (tertiary/aromatic N) is 2. The van der Waals surface area contributed by atoms with Crippen LogP contribution in [0.1, 0.15) is 49.8 Å². The molecule has 3 aliphatic heterocycles.